The van der Waals surface area contributed by atoms with Crippen LogP contribution in [-0.4, -0.2) is 18.2 Å². The minimum Gasteiger partial charge on any atom is -0.463 e. The van der Waals surface area contributed by atoms with Gasteiger partial charge in [0, 0.05) is 6.07 Å². The van der Waals surface area contributed by atoms with Crippen LogP contribution in [-0.2, 0) is 10.6 Å². The second-order valence-electron chi connectivity index (χ2n) is 1.81. The second-order valence-corrected chi connectivity index (χ2v) is 2.07. The molecule has 0 aliphatic carbocycles. The second kappa shape index (κ2) is 3.39. The summed E-state index contributed by atoms with van der Waals surface area (Å²) in [5.74, 6) is -0.252. The normalized spacial score (nSPS) is 9.64. The first kappa shape index (κ1) is 8.07. The van der Waals surface area contributed by atoms with Crippen LogP contribution in [0.15, 0.2) is 10.6 Å². The van der Waals surface area contributed by atoms with Gasteiger partial charge in [0.05, 0.1) is 18.7 Å². The lowest BCUT2D eigenvalue weighted by molar-refractivity contribution is 0.0554. The van der Waals surface area contributed by atoms with E-state index in [4.69, 9.17) is 11.6 Å². The number of hydrogen-bond donors (Lipinski definition) is 0. The number of hydrogen-bond acceptors (Lipinski definition) is 4. The van der Waals surface area contributed by atoms with Crippen molar-refractivity contribution in [2.45, 2.75) is 5.88 Å². The van der Waals surface area contributed by atoms with Gasteiger partial charge in [-0.1, -0.05) is 5.16 Å². The Bertz CT molecular complexity index is 258. The van der Waals surface area contributed by atoms with Gasteiger partial charge in [-0.05, 0) is 0 Å². The van der Waals surface area contributed by atoms with Crippen LogP contribution in [0.1, 0.15) is 16.2 Å². The van der Waals surface area contributed by atoms with Gasteiger partial charge in [0.15, 0.2) is 0 Å². The van der Waals surface area contributed by atoms with Crippen LogP contribution in [0.4, 0.5) is 0 Å². The van der Waals surface area contributed by atoms with Crippen molar-refractivity contribution in [3.63, 3.8) is 0 Å². The van der Waals surface area contributed by atoms with Gasteiger partial charge < -0.3 is 9.26 Å². The Morgan fingerprint density at radius 2 is 2.64 bits per heavy atom. The van der Waals surface area contributed by atoms with Crippen molar-refractivity contribution >= 4 is 17.6 Å². The van der Waals surface area contributed by atoms with E-state index in [1.807, 2.05) is 0 Å². The molecule has 0 atom stereocenters. The van der Waals surface area contributed by atoms with Crippen LogP contribution < -0.4 is 0 Å². The third kappa shape index (κ3) is 1.71. The number of ether oxygens (including phenoxy) is 1. The van der Waals surface area contributed by atoms with Crippen molar-refractivity contribution in [2.24, 2.45) is 0 Å². The molecule has 0 radical (unpaired) electrons. The van der Waals surface area contributed by atoms with E-state index in [0.717, 1.165) is 0 Å². The van der Waals surface area contributed by atoms with E-state index in [1.165, 1.54) is 13.2 Å². The van der Waals surface area contributed by atoms with E-state index in [2.05, 4.69) is 14.4 Å². The number of rotatable bonds is 2. The number of methoxy groups -OCH3 is 1. The summed E-state index contributed by atoms with van der Waals surface area (Å²) >= 11 is 5.41. The Balaban J connectivity index is 2.80. The maximum atomic E-state index is 10.7. The summed E-state index contributed by atoms with van der Waals surface area (Å²) in [5.41, 5.74) is 0.520. The highest BCUT2D eigenvalue weighted by atomic mass is 35.5. The molecule has 4 nitrogen and oxygen atoms in total. The van der Waals surface area contributed by atoms with Gasteiger partial charge >= 0.3 is 5.97 Å². The molecule has 0 unspecified atom stereocenters. The molecule has 1 rings (SSSR count). The zero-order valence-electron chi connectivity index (χ0n) is 5.83. The minimum absolute atomic E-state index is 0.0724. The summed E-state index contributed by atoms with van der Waals surface area (Å²) in [6.45, 7) is 0. The zero-order chi connectivity index (χ0) is 8.27. The molecular weight excluding hydrogens is 170 g/mol. The molecule has 0 spiro atoms. The lowest BCUT2D eigenvalue weighted by Gasteiger charge is -1.88. The van der Waals surface area contributed by atoms with Crippen LogP contribution in [0.3, 0.4) is 0 Å². The lowest BCUT2D eigenvalue weighted by Crippen LogP contribution is -1.98. The third-order valence-corrected chi connectivity index (χ3v) is 1.36. The molecule has 0 saturated carbocycles. The van der Waals surface area contributed by atoms with E-state index in [-0.39, 0.29) is 11.6 Å². The average molecular weight is 176 g/mol. The van der Waals surface area contributed by atoms with Crippen LogP contribution in [0.5, 0.6) is 0 Å². The Morgan fingerprint density at radius 3 is 3.09 bits per heavy atom. The molecule has 1 aromatic rings. The fourth-order valence-corrected chi connectivity index (χ4v) is 0.698. The van der Waals surface area contributed by atoms with E-state index < -0.39 is 5.97 Å². The maximum Gasteiger partial charge on any atom is 0.376 e. The molecule has 0 fully saturated rings. The summed E-state index contributed by atoms with van der Waals surface area (Å²) in [5, 5.41) is 3.50. The molecule has 60 valence electrons. The fraction of sp³-hybridized carbons (Fsp3) is 0.333. The predicted molar refractivity (Wildman–Crippen MR) is 37.4 cm³/mol. The maximum absolute atomic E-state index is 10.7. The topological polar surface area (TPSA) is 52.3 Å². The summed E-state index contributed by atoms with van der Waals surface area (Å²) in [6, 6.07) is 1.44. The number of nitrogens with zero attached hydrogens (tertiary/aromatic N) is 1. The standard InChI is InChI=1S/C6H6ClNO3/c1-10-6(9)5-2-4(3-7)8-11-5/h2H,3H2,1H3. The molecule has 0 aliphatic rings. The molecule has 0 N–H and O–H groups in total. The Hall–Kier alpha value is -1.03. The molecule has 11 heavy (non-hydrogen) atoms. The zero-order valence-corrected chi connectivity index (χ0v) is 6.59. The Morgan fingerprint density at radius 1 is 1.91 bits per heavy atom. The van der Waals surface area contributed by atoms with Crippen LogP contribution in [0.25, 0.3) is 0 Å². The molecule has 1 aromatic heterocycles. The van der Waals surface area contributed by atoms with Crippen molar-refractivity contribution in [2.75, 3.05) is 7.11 Å². The average Bonchev–Trinajstić information content (AvgIpc) is 2.50. The molecule has 0 saturated heterocycles. The largest absolute Gasteiger partial charge is 0.463 e. The quantitative estimate of drug-likeness (QED) is 0.501. The first-order valence-electron chi connectivity index (χ1n) is 2.87. The third-order valence-electron chi connectivity index (χ3n) is 1.08. The summed E-state index contributed by atoms with van der Waals surface area (Å²) < 4.78 is 8.98. The van der Waals surface area contributed by atoms with E-state index in [1.54, 1.807) is 0 Å². The first-order valence-corrected chi connectivity index (χ1v) is 3.41. The minimum atomic E-state index is -0.547. The van der Waals surface area contributed by atoms with Crippen LogP contribution >= 0.6 is 11.6 Å². The monoisotopic (exact) mass is 175 g/mol. The first-order chi connectivity index (χ1) is 5.27. The number of halogens is 1. The van der Waals surface area contributed by atoms with Crippen LogP contribution in [0.2, 0.25) is 0 Å². The summed E-state index contributed by atoms with van der Waals surface area (Å²) in [7, 11) is 1.27. The number of aromatic nitrogens is 1. The van der Waals surface area contributed by atoms with E-state index in [9.17, 15) is 4.79 Å². The summed E-state index contributed by atoms with van der Waals surface area (Å²) in [4.78, 5) is 10.7. The molecular formula is C6H6ClNO3. The number of esters is 1. The van der Waals surface area contributed by atoms with Crippen LogP contribution in [0, 0.1) is 0 Å². The number of carbonyl (C=O) groups excluding carboxylic acids is 1. The number of alkyl halides is 1. The van der Waals surface area contributed by atoms with Crippen molar-refractivity contribution in [3.05, 3.63) is 17.5 Å². The smallest absolute Gasteiger partial charge is 0.376 e. The van der Waals surface area contributed by atoms with Crippen molar-refractivity contribution in [1.82, 2.24) is 5.16 Å². The fourth-order valence-electron chi connectivity index (χ4n) is 0.572. The SMILES string of the molecule is COC(=O)c1cc(CCl)no1. The lowest BCUT2D eigenvalue weighted by atomic mass is 10.4. The van der Waals surface area contributed by atoms with Crippen molar-refractivity contribution < 1.29 is 14.1 Å². The highest BCUT2D eigenvalue weighted by molar-refractivity contribution is 6.16. The van der Waals surface area contributed by atoms with E-state index in [0.29, 0.717) is 5.69 Å². The highest BCUT2D eigenvalue weighted by Gasteiger charge is 2.11. The molecule has 1 heterocycles. The highest BCUT2D eigenvalue weighted by Crippen LogP contribution is 2.06. The molecule has 5 heteroatoms. The van der Waals surface area contributed by atoms with Gasteiger partial charge in [-0.3, -0.25) is 0 Å². The molecule has 0 bridgehead atoms. The van der Waals surface area contributed by atoms with Gasteiger partial charge in [0.25, 0.3) is 0 Å². The van der Waals surface area contributed by atoms with E-state index >= 15 is 0 Å². The molecule has 0 amide bonds. The van der Waals surface area contributed by atoms with Gasteiger partial charge in [-0.25, -0.2) is 4.79 Å². The summed E-state index contributed by atoms with van der Waals surface area (Å²) in [6.07, 6.45) is 0. The molecule has 0 aromatic carbocycles. The van der Waals surface area contributed by atoms with Gasteiger partial charge in [-0.15, -0.1) is 11.6 Å². The van der Waals surface area contributed by atoms with Crippen molar-refractivity contribution in [1.29, 1.82) is 0 Å². The predicted octanol–water partition coefficient (Wildman–Crippen LogP) is 1.20. The number of carbonyl (C=O) groups is 1. The van der Waals surface area contributed by atoms with Gasteiger partial charge in [0.1, 0.15) is 0 Å². The van der Waals surface area contributed by atoms with Gasteiger partial charge in [0.2, 0.25) is 5.76 Å². The Labute approximate surface area is 68.1 Å². The van der Waals surface area contributed by atoms with Gasteiger partial charge in [-0.2, -0.15) is 0 Å². The Kier molecular flexibility index (Phi) is 2.48. The van der Waals surface area contributed by atoms with Crippen molar-refractivity contribution in [3.8, 4) is 0 Å². The molecule has 0 aliphatic heterocycles.